The van der Waals surface area contributed by atoms with Gasteiger partial charge in [-0.3, -0.25) is 0 Å². The Balaban J connectivity index is 2.21. The highest BCUT2D eigenvalue weighted by atomic mass is 19.3. The van der Waals surface area contributed by atoms with Crippen LogP contribution in [-0.2, 0) is 5.60 Å². The monoisotopic (exact) mass is 230 g/mol. The van der Waals surface area contributed by atoms with Gasteiger partial charge >= 0.3 is 0 Å². The van der Waals surface area contributed by atoms with Crippen LogP contribution >= 0.6 is 0 Å². The van der Waals surface area contributed by atoms with Crippen molar-refractivity contribution in [3.63, 3.8) is 0 Å². The second-order valence-corrected chi connectivity index (χ2v) is 4.40. The fourth-order valence-electron chi connectivity index (χ4n) is 2.10. The first-order valence-corrected chi connectivity index (χ1v) is 5.28. The molecule has 0 aromatic heterocycles. The summed E-state index contributed by atoms with van der Waals surface area (Å²) < 4.78 is 38.9. The maximum absolute atomic E-state index is 13.0. The average Bonchev–Trinajstić information content (AvgIpc) is 2.23. The fourth-order valence-corrected chi connectivity index (χ4v) is 2.10. The van der Waals surface area contributed by atoms with Gasteiger partial charge in [0.1, 0.15) is 5.82 Å². The zero-order valence-corrected chi connectivity index (χ0v) is 8.72. The van der Waals surface area contributed by atoms with Crippen molar-refractivity contribution in [3.8, 4) is 0 Å². The molecule has 1 saturated carbocycles. The molecule has 0 aliphatic heterocycles. The average molecular weight is 230 g/mol. The van der Waals surface area contributed by atoms with Crippen LogP contribution in [0, 0.1) is 5.82 Å². The lowest BCUT2D eigenvalue weighted by atomic mass is 9.78. The van der Waals surface area contributed by atoms with Gasteiger partial charge < -0.3 is 5.11 Å². The van der Waals surface area contributed by atoms with Crippen molar-refractivity contribution in [3.05, 3.63) is 35.6 Å². The zero-order chi connectivity index (χ0) is 11.8. The van der Waals surface area contributed by atoms with Crippen LogP contribution in [0.15, 0.2) is 24.3 Å². The smallest absolute Gasteiger partial charge is 0.248 e. The Morgan fingerprint density at radius 1 is 1.06 bits per heavy atom. The molecule has 4 heteroatoms. The van der Waals surface area contributed by atoms with Crippen LogP contribution in [-0.4, -0.2) is 11.0 Å². The van der Waals surface area contributed by atoms with Crippen molar-refractivity contribution in [2.75, 3.05) is 0 Å². The van der Waals surface area contributed by atoms with E-state index in [0.717, 1.165) is 0 Å². The molecule has 1 fully saturated rings. The van der Waals surface area contributed by atoms with Gasteiger partial charge in [-0.1, -0.05) is 12.1 Å². The fraction of sp³-hybridized carbons (Fsp3) is 0.500. The van der Waals surface area contributed by atoms with Gasteiger partial charge in [0.25, 0.3) is 0 Å². The maximum Gasteiger partial charge on any atom is 0.248 e. The van der Waals surface area contributed by atoms with Crippen molar-refractivity contribution in [1.82, 2.24) is 0 Å². The molecule has 1 nitrogen and oxygen atoms in total. The number of alkyl halides is 2. The third kappa shape index (κ3) is 2.21. The molecule has 0 bridgehead atoms. The summed E-state index contributed by atoms with van der Waals surface area (Å²) in [5, 5.41) is 10.2. The summed E-state index contributed by atoms with van der Waals surface area (Å²) in [6, 6.07) is 5.54. The van der Waals surface area contributed by atoms with Crippen LogP contribution in [0.2, 0.25) is 0 Å². The molecule has 0 amide bonds. The van der Waals surface area contributed by atoms with Crippen LogP contribution < -0.4 is 0 Å². The highest BCUT2D eigenvalue weighted by Gasteiger charge is 2.43. The highest BCUT2D eigenvalue weighted by molar-refractivity contribution is 5.24. The van der Waals surface area contributed by atoms with Crippen molar-refractivity contribution >= 4 is 0 Å². The number of aliphatic hydroxyl groups is 1. The molecule has 88 valence electrons. The van der Waals surface area contributed by atoms with E-state index in [4.69, 9.17) is 0 Å². The van der Waals surface area contributed by atoms with Gasteiger partial charge in [-0.05, 0) is 30.5 Å². The van der Waals surface area contributed by atoms with E-state index in [2.05, 4.69) is 0 Å². The molecule has 0 saturated heterocycles. The van der Waals surface area contributed by atoms with E-state index >= 15 is 0 Å². The topological polar surface area (TPSA) is 20.2 Å². The minimum absolute atomic E-state index is 0.0244. The van der Waals surface area contributed by atoms with Crippen molar-refractivity contribution < 1.29 is 18.3 Å². The summed E-state index contributed by atoms with van der Waals surface area (Å²) >= 11 is 0. The molecule has 2 rings (SSSR count). The Kier molecular flexibility index (Phi) is 2.70. The van der Waals surface area contributed by atoms with Crippen LogP contribution in [0.1, 0.15) is 31.2 Å². The summed E-state index contributed by atoms with van der Waals surface area (Å²) in [5.41, 5.74) is -0.910. The lowest BCUT2D eigenvalue weighted by Gasteiger charge is -2.36. The summed E-state index contributed by atoms with van der Waals surface area (Å²) in [6.45, 7) is 0. The molecule has 0 atom stereocenters. The molecule has 0 heterocycles. The summed E-state index contributed by atoms with van der Waals surface area (Å²) in [7, 11) is 0. The second-order valence-electron chi connectivity index (χ2n) is 4.40. The third-order valence-corrected chi connectivity index (χ3v) is 3.17. The molecular weight excluding hydrogens is 217 g/mol. The predicted molar refractivity (Wildman–Crippen MR) is 53.7 cm³/mol. The first-order chi connectivity index (χ1) is 7.41. The normalized spacial score (nSPS) is 23.0. The summed E-state index contributed by atoms with van der Waals surface area (Å²) in [6.07, 6.45) is -0.743. The van der Waals surface area contributed by atoms with E-state index in [1.807, 2.05) is 0 Å². The summed E-state index contributed by atoms with van der Waals surface area (Å²) in [4.78, 5) is 0. The van der Waals surface area contributed by atoms with Gasteiger partial charge in [0, 0.05) is 12.8 Å². The van der Waals surface area contributed by atoms with E-state index in [0.29, 0.717) is 5.56 Å². The molecule has 1 aliphatic rings. The number of hydrogen-bond donors (Lipinski definition) is 1. The molecule has 1 N–H and O–H groups in total. The maximum atomic E-state index is 13.0. The highest BCUT2D eigenvalue weighted by Crippen LogP contribution is 2.43. The molecule has 1 aliphatic carbocycles. The molecule has 0 unspecified atom stereocenters. The van der Waals surface area contributed by atoms with E-state index in [1.54, 1.807) is 6.07 Å². The quantitative estimate of drug-likeness (QED) is 0.785. The Morgan fingerprint density at radius 2 is 1.69 bits per heavy atom. The zero-order valence-electron chi connectivity index (χ0n) is 8.72. The molecule has 16 heavy (non-hydrogen) atoms. The van der Waals surface area contributed by atoms with Crippen molar-refractivity contribution in [1.29, 1.82) is 0 Å². The van der Waals surface area contributed by atoms with Gasteiger partial charge in [-0.15, -0.1) is 0 Å². The third-order valence-electron chi connectivity index (χ3n) is 3.17. The largest absolute Gasteiger partial charge is 0.385 e. The Morgan fingerprint density at radius 3 is 2.25 bits per heavy atom. The molecular formula is C12H13F3O. The Labute approximate surface area is 91.9 Å². The number of benzene rings is 1. The van der Waals surface area contributed by atoms with Gasteiger partial charge in [0.2, 0.25) is 5.92 Å². The SMILES string of the molecule is OC1(c2cccc(F)c2)CCC(F)(F)CC1. The van der Waals surface area contributed by atoms with E-state index in [9.17, 15) is 18.3 Å². The lowest BCUT2D eigenvalue weighted by molar-refractivity contribution is -0.107. The molecule has 1 aromatic carbocycles. The van der Waals surface area contributed by atoms with Crippen molar-refractivity contribution in [2.24, 2.45) is 0 Å². The number of hydrogen-bond acceptors (Lipinski definition) is 1. The van der Waals surface area contributed by atoms with Crippen LogP contribution in [0.5, 0.6) is 0 Å². The molecule has 1 aromatic rings. The van der Waals surface area contributed by atoms with Gasteiger partial charge in [0.05, 0.1) is 5.60 Å². The van der Waals surface area contributed by atoms with E-state index in [-0.39, 0.29) is 25.7 Å². The van der Waals surface area contributed by atoms with Crippen LogP contribution in [0.3, 0.4) is 0 Å². The van der Waals surface area contributed by atoms with E-state index < -0.39 is 17.3 Å². The second kappa shape index (κ2) is 3.77. The van der Waals surface area contributed by atoms with Crippen LogP contribution in [0.4, 0.5) is 13.2 Å². The predicted octanol–water partition coefficient (Wildman–Crippen LogP) is 3.22. The van der Waals surface area contributed by atoms with Crippen LogP contribution in [0.25, 0.3) is 0 Å². The van der Waals surface area contributed by atoms with Gasteiger partial charge in [0.15, 0.2) is 0 Å². The lowest BCUT2D eigenvalue weighted by Crippen LogP contribution is -2.36. The number of halogens is 3. The van der Waals surface area contributed by atoms with E-state index in [1.165, 1.54) is 18.2 Å². The first-order valence-electron chi connectivity index (χ1n) is 5.28. The van der Waals surface area contributed by atoms with Gasteiger partial charge in [-0.2, -0.15) is 0 Å². The molecule has 0 radical (unpaired) electrons. The number of rotatable bonds is 1. The molecule has 0 spiro atoms. The minimum atomic E-state index is -2.69. The first kappa shape index (κ1) is 11.5. The Hall–Kier alpha value is -1.03. The van der Waals surface area contributed by atoms with Crippen molar-refractivity contribution in [2.45, 2.75) is 37.2 Å². The minimum Gasteiger partial charge on any atom is -0.385 e. The summed E-state index contributed by atoms with van der Waals surface area (Å²) in [5.74, 6) is -3.15. The standard InChI is InChI=1S/C12H13F3O/c13-10-3-1-2-9(8-10)11(16)4-6-12(14,15)7-5-11/h1-3,8,16H,4-7H2. The van der Waals surface area contributed by atoms with Gasteiger partial charge in [-0.25, -0.2) is 13.2 Å². The Bertz CT molecular complexity index is 380.